The smallest absolute Gasteiger partial charge is 0.144 e. The van der Waals surface area contributed by atoms with Crippen LogP contribution in [0.15, 0.2) is 12.1 Å². The van der Waals surface area contributed by atoms with Crippen LogP contribution < -0.4 is 5.73 Å². The first kappa shape index (κ1) is 9.13. The Morgan fingerprint density at radius 2 is 2.25 bits per heavy atom. The standard InChI is InChI=1S/C9H13FN2/c1-3-8(11)9-5-4-7(10)6(2)12-9/h4-5,8H,3,11H2,1-2H3/t8-/m1/s1. The Kier molecular flexibility index (Phi) is 2.76. The van der Waals surface area contributed by atoms with Gasteiger partial charge in [0.25, 0.3) is 0 Å². The van der Waals surface area contributed by atoms with Gasteiger partial charge in [-0.3, -0.25) is 4.98 Å². The Hall–Kier alpha value is -0.960. The average molecular weight is 168 g/mol. The van der Waals surface area contributed by atoms with E-state index in [2.05, 4.69) is 4.98 Å². The highest BCUT2D eigenvalue weighted by molar-refractivity contribution is 5.14. The van der Waals surface area contributed by atoms with E-state index in [1.54, 1.807) is 13.0 Å². The molecule has 0 saturated carbocycles. The molecular weight excluding hydrogens is 155 g/mol. The fraction of sp³-hybridized carbons (Fsp3) is 0.444. The highest BCUT2D eigenvalue weighted by atomic mass is 19.1. The van der Waals surface area contributed by atoms with Crippen LogP contribution in [0.2, 0.25) is 0 Å². The lowest BCUT2D eigenvalue weighted by Gasteiger charge is -2.08. The van der Waals surface area contributed by atoms with E-state index < -0.39 is 0 Å². The van der Waals surface area contributed by atoms with Crippen LogP contribution in [0.4, 0.5) is 4.39 Å². The van der Waals surface area contributed by atoms with Crippen molar-refractivity contribution in [3.63, 3.8) is 0 Å². The summed E-state index contributed by atoms with van der Waals surface area (Å²) in [7, 11) is 0. The van der Waals surface area contributed by atoms with Crippen LogP contribution in [-0.4, -0.2) is 4.98 Å². The molecule has 66 valence electrons. The van der Waals surface area contributed by atoms with E-state index in [9.17, 15) is 4.39 Å². The fourth-order valence-corrected chi connectivity index (χ4v) is 0.979. The van der Waals surface area contributed by atoms with Crippen LogP contribution in [0.3, 0.4) is 0 Å². The number of nitrogens with two attached hydrogens (primary N) is 1. The maximum Gasteiger partial charge on any atom is 0.144 e. The fourth-order valence-electron chi connectivity index (χ4n) is 0.979. The zero-order valence-electron chi connectivity index (χ0n) is 7.34. The monoisotopic (exact) mass is 168 g/mol. The summed E-state index contributed by atoms with van der Waals surface area (Å²) in [5, 5.41) is 0. The van der Waals surface area contributed by atoms with Crippen molar-refractivity contribution >= 4 is 0 Å². The summed E-state index contributed by atoms with van der Waals surface area (Å²) in [4.78, 5) is 4.04. The van der Waals surface area contributed by atoms with E-state index in [0.29, 0.717) is 5.69 Å². The van der Waals surface area contributed by atoms with Crippen LogP contribution in [0.5, 0.6) is 0 Å². The Bertz CT molecular complexity index is 273. The molecule has 0 amide bonds. The molecule has 0 radical (unpaired) electrons. The number of hydrogen-bond acceptors (Lipinski definition) is 2. The van der Waals surface area contributed by atoms with Crippen molar-refractivity contribution in [1.29, 1.82) is 0 Å². The number of rotatable bonds is 2. The molecule has 1 aromatic heterocycles. The first-order valence-corrected chi connectivity index (χ1v) is 4.03. The molecule has 2 nitrogen and oxygen atoms in total. The van der Waals surface area contributed by atoms with Gasteiger partial charge in [-0.05, 0) is 25.5 Å². The lowest BCUT2D eigenvalue weighted by atomic mass is 10.1. The van der Waals surface area contributed by atoms with Gasteiger partial charge in [-0.1, -0.05) is 6.92 Å². The van der Waals surface area contributed by atoms with Crippen molar-refractivity contribution in [1.82, 2.24) is 4.98 Å². The summed E-state index contributed by atoms with van der Waals surface area (Å²) in [6.07, 6.45) is 0.818. The molecule has 0 aliphatic rings. The minimum Gasteiger partial charge on any atom is -0.323 e. The summed E-state index contributed by atoms with van der Waals surface area (Å²) in [5.74, 6) is -0.276. The van der Waals surface area contributed by atoms with Crippen molar-refractivity contribution in [3.8, 4) is 0 Å². The first-order valence-electron chi connectivity index (χ1n) is 4.03. The van der Waals surface area contributed by atoms with Gasteiger partial charge in [0, 0.05) is 6.04 Å². The number of aromatic nitrogens is 1. The minimum absolute atomic E-state index is 0.0794. The first-order chi connectivity index (χ1) is 5.65. The normalized spacial score (nSPS) is 13.0. The minimum atomic E-state index is -0.276. The van der Waals surface area contributed by atoms with E-state index in [0.717, 1.165) is 12.1 Å². The van der Waals surface area contributed by atoms with Crippen LogP contribution in [-0.2, 0) is 0 Å². The Labute approximate surface area is 71.6 Å². The molecule has 0 spiro atoms. The molecule has 1 heterocycles. The van der Waals surface area contributed by atoms with E-state index in [4.69, 9.17) is 5.73 Å². The topological polar surface area (TPSA) is 38.9 Å². The zero-order chi connectivity index (χ0) is 9.14. The molecule has 0 bridgehead atoms. The van der Waals surface area contributed by atoms with Crippen LogP contribution in [0.1, 0.15) is 30.8 Å². The molecule has 0 unspecified atom stereocenters. The second-order valence-electron chi connectivity index (χ2n) is 2.82. The van der Waals surface area contributed by atoms with Crippen molar-refractivity contribution in [3.05, 3.63) is 29.3 Å². The lowest BCUT2D eigenvalue weighted by molar-refractivity contribution is 0.597. The van der Waals surface area contributed by atoms with Crippen molar-refractivity contribution < 1.29 is 4.39 Å². The number of halogens is 1. The summed E-state index contributed by atoms with van der Waals surface area (Å²) in [6, 6.07) is 2.97. The molecule has 0 fully saturated rings. The Morgan fingerprint density at radius 3 is 2.75 bits per heavy atom. The van der Waals surface area contributed by atoms with Gasteiger partial charge in [0.05, 0.1) is 11.4 Å². The highest BCUT2D eigenvalue weighted by Gasteiger charge is 2.06. The largest absolute Gasteiger partial charge is 0.323 e. The molecule has 1 atom stereocenters. The molecule has 0 aliphatic heterocycles. The van der Waals surface area contributed by atoms with Gasteiger partial charge in [-0.2, -0.15) is 0 Å². The van der Waals surface area contributed by atoms with Gasteiger partial charge in [-0.25, -0.2) is 4.39 Å². The van der Waals surface area contributed by atoms with Gasteiger partial charge >= 0.3 is 0 Å². The maximum absolute atomic E-state index is 12.8. The molecule has 1 aromatic rings. The predicted octanol–water partition coefficient (Wildman–Crippen LogP) is 1.94. The van der Waals surface area contributed by atoms with Gasteiger partial charge < -0.3 is 5.73 Å². The van der Waals surface area contributed by atoms with E-state index in [-0.39, 0.29) is 11.9 Å². The van der Waals surface area contributed by atoms with Crippen LogP contribution in [0, 0.1) is 12.7 Å². The van der Waals surface area contributed by atoms with Gasteiger partial charge in [0.1, 0.15) is 5.82 Å². The molecule has 0 aromatic carbocycles. The quantitative estimate of drug-likeness (QED) is 0.732. The van der Waals surface area contributed by atoms with Gasteiger partial charge in [0.2, 0.25) is 0 Å². The molecule has 12 heavy (non-hydrogen) atoms. The third-order valence-electron chi connectivity index (χ3n) is 1.86. The van der Waals surface area contributed by atoms with Crippen molar-refractivity contribution in [2.75, 3.05) is 0 Å². The molecule has 1 rings (SSSR count). The van der Waals surface area contributed by atoms with E-state index in [1.807, 2.05) is 6.92 Å². The average Bonchev–Trinajstić information content (AvgIpc) is 2.08. The third kappa shape index (κ3) is 1.80. The molecular formula is C9H13FN2. The number of aryl methyl sites for hydroxylation is 1. The second kappa shape index (κ2) is 3.63. The molecule has 2 N–H and O–H groups in total. The van der Waals surface area contributed by atoms with Crippen molar-refractivity contribution in [2.45, 2.75) is 26.3 Å². The summed E-state index contributed by atoms with van der Waals surface area (Å²) in [6.45, 7) is 3.62. The van der Waals surface area contributed by atoms with Crippen molar-refractivity contribution in [2.24, 2.45) is 5.73 Å². The van der Waals surface area contributed by atoms with E-state index in [1.165, 1.54) is 6.07 Å². The number of pyridine rings is 1. The third-order valence-corrected chi connectivity index (χ3v) is 1.86. The maximum atomic E-state index is 12.8. The highest BCUT2D eigenvalue weighted by Crippen LogP contribution is 2.12. The van der Waals surface area contributed by atoms with Gasteiger partial charge in [-0.15, -0.1) is 0 Å². The molecule has 3 heteroatoms. The number of hydrogen-bond donors (Lipinski definition) is 1. The Balaban J connectivity index is 2.96. The Morgan fingerprint density at radius 1 is 1.58 bits per heavy atom. The zero-order valence-corrected chi connectivity index (χ0v) is 7.34. The SMILES string of the molecule is CC[C@@H](N)c1ccc(F)c(C)n1. The van der Waals surface area contributed by atoms with Gasteiger partial charge in [0.15, 0.2) is 0 Å². The summed E-state index contributed by atoms with van der Waals surface area (Å²) >= 11 is 0. The second-order valence-corrected chi connectivity index (χ2v) is 2.82. The molecule has 0 saturated heterocycles. The number of nitrogens with zero attached hydrogens (tertiary/aromatic N) is 1. The van der Waals surface area contributed by atoms with Crippen LogP contribution in [0.25, 0.3) is 0 Å². The summed E-state index contributed by atoms with van der Waals surface area (Å²) < 4.78 is 12.8. The predicted molar refractivity (Wildman–Crippen MR) is 46.2 cm³/mol. The summed E-state index contributed by atoms with van der Waals surface area (Å²) in [5.41, 5.74) is 6.90. The molecule has 0 aliphatic carbocycles. The van der Waals surface area contributed by atoms with Crippen LogP contribution >= 0.6 is 0 Å². The van der Waals surface area contributed by atoms with E-state index >= 15 is 0 Å². The lowest BCUT2D eigenvalue weighted by Crippen LogP contribution is -2.11.